The van der Waals surface area contributed by atoms with Crippen molar-refractivity contribution in [2.24, 2.45) is 5.92 Å². The molecule has 2 rings (SSSR count). The lowest BCUT2D eigenvalue weighted by Gasteiger charge is -2.37. The van der Waals surface area contributed by atoms with E-state index in [1.165, 1.54) is 5.69 Å². The molecule has 0 spiro atoms. The van der Waals surface area contributed by atoms with Gasteiger partial charge in [0, 0.05) is 56.9 Å². The molecule has 1 aliphatic heterocycles. The highest BCUT2D eigenvalue weighted by molar-refractivity contribution is 5.78. The predicted octanol–water partition coefficient (Wildman–Crippen LogP) is 1.17. The zero-order valence-corrected chi connectivity index (χ0v) is 14.6. The number of hydrogen-bond donors (Lipinski definition) is 2. The Balaban J connectivity index is 1.72. The molecule has 0 aromatic heterocycles. The van der Waals surface area contributed by atoms with E-state index in [0.717, 1.165) is 32.7 Å². The van der Waals surface area contributed by atoms with Crippen LogP contribution in [-0.4, -0.2) is 63.2 Å². The number of anilines is 1. The number of rotatable bonds is 7. The second-order valence-electron chi connectivity index (χ2n) is 6.49. The number of benzene rings is 1. The van der Waals surface area contributed by atoms with Gasteiger partial charge in [-0.05, 0) is 26.1 Å². The SMILES string of the molecule is CNCC(C)C(=O)NC(C)CN1CCN(c2ccccc2)CC1. The highest BCUT2D eigenvalue weighted by atomic mass is 16.1. The van der Waals surface area contributed by atoms with E-state index in [2.05, 4.69) is 57.7 Å². The molecule has 23 heavy (non-hydrogen) atoms. The number of carbonyl (C=O) groups is 1. The molecule has 128 valence electrons. The molecule has 1 aromatic rings. The largest absolute Gasteiger partial charge is 0.369 e. The highest BCUT2D eigenvalue weighted by Gasteiger charge is 2.20. The lowest BCUT2D eigenvalue weighted by molar-refractivity contribution is -0.125. The first-order valence-corrected chi connectivity index (χ1v) is 8.57. The Morgan fingerprint density at radius 1 is 1.13 bits per heavy atom. The van der Waals surface area contributed by atoms with Crippen LogP contribution in [0.25, 0.3) is 0 Å². The third-order valence-corrected chi connectivity index (χ3v) is 4.37. The van der Waals surface area contributed by atoms with Crippen molar-refractivity contribution in [3.05, 3.63) is 30.3 Å². The molecule has 1 aromatic carbocycles. The van der Waals surface area contributed by atoms with E-state index in [4.69, 9.17) is 0 Å². The van der Waals surface area contributed by atoms with Gasteiger partial charge in [-0.2, -0.15) is 0 Å². The summed E-state index contributed by atoms with van der Waals surface area (Å²) < 4.78 is 0. The molecule has 5 heteroatoms. The number of nitrogens with zero attached hydrogens (tertiary/aromatic N) is 2. The third kappa shape index (κ3) is 5.52. The summed E-state index contributed by atoms with van der Waals surface area (Å²) in [6.45, 7) is 9.85. The Kier molecular flexibility index (Phi) is 6.86. The van der Waals surface area contributed by atoms with Crippen molar-refractivity contribution in [3.63, 3.8) is 0 Å². The predicted molar refractivity (Wildman–Crippen MR) is 95.8 cm³/mol. The molecule has 1 fully saturated rings. The van der Waals surface area contributed by atoms with Gasteiger partial charge in [-0.3, -0.25) is 9.69 Å². The molecule has 2 unspecified atom stereocenters. The second-order valence-corrected chi connectivity index (χ2v) is 6.49. The summed E-state index contributed by atoms with van der Waals surface area (Å²) in [5.41, 5.74) is 1.30. The minimum Gasteiger partial charge on any atom is -0.369 e. The average molecular weight is 318 g/mol. The molecular formula is C18H30N4O. The van der Waals surface area contributed by atoms with Crippen LogP contribution >= 0.6 is 0 Å². The van der Waals surface area contributed by atoms with Crippen LogP contribution in [0.1, 0.15) is 13.8 Å². The maximum absolute atomic E-state index is 12.0. The van der Waals surface area contributed by atoms with Crippen LogP contribution in [0.15, 0.2) is 30.3 Å². The Labute approximate surface area is 140 Å². The quantitative estimate of drug-likeness (QED) is 0.792. The van der Waals surface area contributed by atoms with Crippen molar-refractivity contribution in [1.82, 2.24) is 15.5 Å². The summed E-state index contributed by atoms with van der Waals surface area (Å²) in [6.07, 6.45) is 0. The van der Waals surface area contributed by atoms with Crippen molar-refractivity contribution >= 4 is 11.6 Å². The minimum atomic E-state index is 0.0115. The number of carbonyl (C=O) groups excluding carboxylic acids is 1. The smallest absolute Gasteiger partial charge is 0.224 e. The number of hydrogen-bond acceptors (Lipinski definition) is 4. The maximum Gasteiger partial charge on any atom is 0.224 e. The van der Waals surface area contributed by atoms with Crippen LogP contribution in [0.5, 0.6) is 0 Å². The molecule has 1 amide bonds. The van der Waals surface area contributed by atoms with Crippen molar-refractivity contribution in [2.45, 2.75) is 19.9 Å². The first-order valence-electron chi connectivity index (χ1n) is 8.57. The molecule has 1 heterocycles. The van der Waals surface area contributed by atoms with Gasteiger partial charge < -0.3 is 15.5 Å². The van der Waals surface area contributed by atoms with Crippen LogP contribution < -0.4 is 15.5 Å². The minimum absolute atomic E-state index is 0.0115. The van der Waals surface area contributed by atoms with Gasteiger partial charge in [0.05, 0.1) is 0 Å². The fourth-order valence-corrected chi connectivity index (χ4v) is 3.04. The monoisotopic (exact) mass is 318 g/mol. The molecule has 1 saturated heterocycles. The van der Waals surface area contributed by atoms with E-state index in [0.29, 0.717) is 6.54 Å². The van der Waals surface area contributed by atoms with Crippen LogP contribution in [0, 0.1) is 5.92 Å². The molecule has 5 nitrogen and oxygen atoms in total. The van der Waals surface area contributed by atoms with Gasteiger partial charge in [0.1, 0.15) is 0 Å². The molecule has 2 atom stereocenters. The summed E-state index contributed by atoms with van der Waals surface area (Å²) in [6, 6.07) is 10.8. The fourth-order valence-electron chi connectivity index (χ4n) is 3.04. The molecule has 1 aliphatic rings. The topological polar surface area (TPSA) is 47.6 Å². The summed E-state index contributed by atoms with van der Waals surface area (Å²) in [5.74, 6) is 0.146. The highest BCUT2D eigenvalue weighted by Crippen LogP contribution is 2.15. The van der Waals surface area contributed by atoms with Gasteiger partial charge >= 0.3 is 0 Å². The Hall–Kier alpha value is -1.59. The second kappa shape index (κ2) is 8.89. The molecule has 0 saturated carbocycles. The van der Waals surface area contributed by atoms with Crippen LogP contribution in [-0.2, 0) is 4.79 Å². The van der Waals surface area contributed by atoms with Gasteiger partial charge in [-0.15, -0.1) is 0 Å². The van der Waals surface area contributed by atoms with E-state index in [1.807, 2.05) is 14.0 Å². The normalized spacial score (nSPS) is 18.5. The lowest BCUT2D eigenvalue weighted by Crippen LogP contribution is -2.51. The molecule has 0 radical (unpaired) electrons. The van der Waals surface area contributed by atoms with Crippen molar-refractivity contribution < 1.29 is 4.79 Å². The number of piperazine rings is 1. The van der Waals surface area contributed by atoms with Crippen LogP contribution in [0.3, 0.4) is 0 Å². The van der Waals surface area contributed by atoms with E-state index in [-0.39, 0.29) is 17.9 Å². The number of amides is 1. The van der Waals surface area contributed by atoms with E-state index in [9.17, 15) is 4.79 Å². The van der Waals surface area contributed by atoms with Gasteiger partial charge in [0.2, 0.25) is 5.91 Å². The lowest BCUT2D eigenvalue weighted by atomic mass is 10.1. The third-order valence-electron chi connectivity index (χ3n) is 4.37. The molecule has 0 aliphatic carbocycles. The van der Waals surface area contributed by atoms with E-state index in [1.54, 1.807) is 0 Å². The van der Waals surface area contributed by atoms with Gasteiger partial charge in [-0.25, -0.2) is 0 Å². The van der Waals surface area contributed by atoms with E-state index < -0.39 is 0 Å². The summed E-state index contributed by atoms with van der Waals surface area (Å²) in [7, 11) is 1.87. The Morgan fingerprint density at radius 2 is 1.78 bits per heavy atom. The van der Waals surface area contributed by atoms with Gasteiger partial charge in [0.25, 0.3) is 0 Å². The Morgan fingerprint density at radius 3 is 2.39 bits per heavy atom. The Bertz CT molecular complexity index is 471. The standard InChI is InChI=1S/C18H30N4O/c1-15(13-19-3)18(23)20-16(2)14-21-9-11-22(12-10-21)17-7-5-4-6-8-17/h4-8,15-16,19H,9-14H2,1-3H3,(H,20,23). The zero-order valence-electron chi connectivity index (χ0n) is 14.6. The average Bonchev–Trinajstić information content (AvgIpc) is 2.56. The van der Waals surface area contributed by atoms with E-state index >= 15 is 0 Å². The molecule has 2 N–H and O–H groups in total. The zero-order chi connectivity index (χ0) is 16.7. The van der Waals surface area contributed by atoms with Crippen molar-refractivity contribution in [1.29, 1.82) is 0 Å². The number of para-hydroxylation sites is 1. The molecular weight excluding hydrogens is 288 g/mol. The summed E-state index contributed by atoms with van der Waals surface area (Å²) in [5, 5.41) is 6.17. The summed E-state index contributed by atoms with van der Waals surface area (Å²) >= 11 is 0. The van der Waals surface area contributed by atoms with Gasteiger partial charge in [-0.1, -0.05) is 25.1 Å². The molecule has 0 bridgehead atoms. The van der Waals surface area contributed by atoms with Crippen molar-refractivity contribution in [2.75, 3.05) is 51.2 Å². The first-order chi connectivity index (χ1) is 11.1. The maximum atomic E-state index is 12.0. The van der Waals surface area contributed by atoms with Gasteiger partial charge in [0.15, 0.2) is 0 Å². The number of nitrogens with one attached hydrogen (secondary N) is 2. The first kappa shape index (κ1) is 17.8. The van der Waals surface area contributed by atoms with Crippen LogP contribution in [0.4, 0.5) is 5.69 Å². The summed E-state index contributed by atoms with van der Waals surface area (Å²) in [4.78, 5) is 16.9. The fraction of sp³-hybridized carbons (Fsp3) is 0.611. The van der Waals surface area contributed by atoms with Crippen molar-refractivity contribution in [3.8, 4) is 0 Å². The van der Waals surface area contributed by atoms with Crippen LogP contribution in [0.2, 0.25) is 0 Å².